The summed E-state index contributed by atoms with van der Waals surface area (Å²) in [7, 11) is 0. The molecule has 8 nitrogen and oxygen atoms in total. The molecule has 20 heavy (non-hydrogen) atoms. The first kappa shape index (κ1) is 13.9. The second kappa shape index (κ2) is 6.11. The Hall–Kier alpha value is -2.48. The van der Waals surface area contributed by atoms with Gasteiger partial charge in [-0.2, -0.15) is 0 Å². The fourth-order valence-corrected chi connectivity index (χ4v) is 1.57. The van der Waals surface area contributed by atoms with Gasteiger partial charge in [0.05, 0.1) is 6.54 Å². The third kappa shape index (κ3) is 3.51. The number of hydrogen-bond donors (Lipinski definition) is 4. The van der Waals surface area contributed by atoms with Crippen molar-refractivity contribution in [1.82, 2.24) is 10.6 Å². The number of amides is 2. The van der Waals surface area contributed by atoms with Crippen LogP contribution in [-0.2, 0) is 11.3 Å². The normalized spacial score (nSPS) is 13.7. The molecule has 1 aromatic carbocycles. The van der Waals surface area contributed by atoms with E-state index in [2.05, 4.69) is 10.6 Å². The monoisotopic (exact) mass is 282 g/mol. The number of benzene rings is 1. The number of ether oxygens (including phenoxy) is 2. The van der Waals surface area contributed by atoms with Crippen LogP contribution >= 0.6 is 0 Å². The number of urea groups is 1. The molecule has 0 saturated heterocycles. The Labute approximate surface area is 114 Å². The quantitative estimate of drug-likeness (QED) is 0.587. The molecule has 0 fully saturated rings. The van der Waals surface area contributed by atoms with Gasteiger partial charge >= 0.3 is 12.0 Å². The Balaban J connectivity index is 1.77. The molecule has 2 amide bonds. The second-order valence-corrected chi connectivity index (χ2v) is 4.11. The summed E-state index contributed by atoms with van der Waals surface area (Å²) in [5, 5.41) is 22.2. The van der Waals surface area contributed by atoms with E-state index in [9.17, 15) is 9.59 Å². The Kier molecular flexibility index (Phi) is 4.26. The van der Waals surface area contributed by atoms with Crippen molar-refractivity contribution in [3.05, 3.63) is 23.8 Å². The van der Waals surface area contributed by atoms with E-state index in [0.29, 0.717) is 11.5 Å². The minimum atomic E-state index is -1.62. The molecule has 108 valence electrons. The van der Waals surface area contributed by atoms with E-state index in [1.165, 1.54) is 0 Å². The van der Waals surface area contributed by atoms with Crippen LogP contribution in [-0.4, -0.2) is 41.7 Å². The molecule has 1 aliphatic heterocycles. The average molecular weight is 282 g/mol. The summed E-state index contributed by atoms with van der Waals surface area (Å²) in [4.78, 5) is 21.7. The van der Waals surface area contributed by atoms with Crippen molar-refractivity contribution in [2.24, 2.45) is 0 Å². The predicted octanol–water partition coefficient (Wildman–Crippen LogP) is -0.340. The number of carbonyl (C=O) groups excluding carboxylic acids is 1. The summed E-state index contributed by atoms with van der Waals surface area (Å²) in [6.45, 7) is 0.0632. The largest absolute Gasteiger partial charge is 0.479 e. The zero-order valence-electron chi connectivity index (χ0n) is 10.5. The maximum Gasteiger partial charge on any atom is 0.334 e. The zero-order valence-corrected chi connectivity index (χ0v) is 10.5. The average Bonchev–Trinajstić information content (AvgIpc) is 2.89. The Morgan fingerprint density at radius 2 is 2.00 bits per heavy atom. The zero-order chi connectivity index (χ0) is 14.5. The Morgan fingerprint density at radius 1 is 1.25 bits per heavy atom. The third-order valence-corrected chi connectivity index (χ3v) is 2.63. The van der Waals surface area contributed by atoms with Crippen LogP contribution in [0.3, 0.4) is 0 Å². The van der Waals surface area contributed by atoms with E-state index in [-0.39, 0.29) is 19.9 Å². The van der Waals surface area contributed by atoms with Gasteiger partial charge in [0.1, 0.15) is 0 Å². The highest BCUT2D eigenvalue weighted by molar-refractivity contribution is 5.76. The summed E-state index contributed by atoms with van der Waals surface area (Å²) in [6.07, 6.45) is -1.62. The molecule has 0 bridgehead atoms. The van der Waals surface area contributed by atoms with Gasteiger partial charge in [0, 0.05) is 6.54 Å². The molecule has 0 spiro atoms. The van der Waals surface area contributed by atoms with Crippen LogP contribution in [0.2, 0.25) is 0 Å². The summed E-state index contributed by atoms with van der Waals surface area (Å²) in [6, 6.07) is 4.70. The number of hydrogen-bond acceptors (Lipinski definition) is 5. The van der Waals surface area contributed by atoms with Crippen molar-refractivity contribution in [3.63, 3.8) is 0 Å². The van der Waals surface area contributed by atoms with Gasteiger partial charge in [-0.1, -0.05) is 6.07 Å². The van der Waals surface area contributed by atoms with E-state index in [1.54, 1.807) is 18.2 Å². The van der Waals surface area contributed by atoms with E-state index < -0.39 is 18.1 Å². The van der Waals surface area contributed by atoms with E-state index in [1.807, 2.05) is 0 Å². The van der Waals surface area contributed by atoms with Crippen LogP contribution in [0, 0.1) is 0 Å². The van der Waals surface area contributed by atoms with Gasteiger partial charge in [-0.15, -0.1) is 0 Å². The number of nitrogens with one attached hydrogen (secondary N) is 2. The lowest BCUT2D eigenvalue weighted by molar-refractivity contribution is -0.146. The molecule has 0 aromatic heterocycles. The second-order valence-electron chi connectivity index (χ2n) is 4.11. The van der Waals surface area contributed by atoms with Crippen molar-refractivity contribution in [2.75, 3.05) is 13.3 Å². The van der Waals surface area contributed by atoms with Gasteiger partial charge in [-0.3, -0.25) is 0 Å². The molecule has 8 heteroatoms. The number of carbonyl (C=O) groups is 2. The number of aliphatic carboxylic acids is 1. The Bertz CT molecular complexity index is 519. The van der Waals surface area contributed by atoms with Crippen molar-refractivity contribution < 1.29 is 29.3 Å². The van der Waals surface area contributed by atoms with Crippen LogP contribution in [0.1, 0.15) is 5.56 Å². The first-order chi connectivity index (χ1) is 9.56. The fraction of sp³-hybridized carbons (Fsp3) is 0.333. The third-order valence-electron chi connectivity index (χ3n) is 2.63. The molecule has 4 N–H and O–H groups in total. The highest BCUT2D eigenvalue weighted by Gasteiger charge is 2.15. The van der Waals surface area contributed by atoms with Crippen LogP contribution in [0.15, 0.2) is 18.2 Å². The van der Waals surface area contributed by atoms with Crippen LogP contribution in [0.5, 0.6) is 11.5 Å². The lowest BCUT2D eigenvalue weighted by Crippen LogP contribution is -2.41. The first-order valence-corrected chi connectivity index (χ1v) is 5.87. The maximum absolute atomic E-state index is 11.4. The topological polar surface area (TPSA) is 117 Å². The fourth-order valence-electron chi connectivity index (χ4n) is 1.57. The highest BCUT2D eigenvalue weighted by Crippen LogP contribution is 2.32. The highest BCUT2D eigenvalue weighted by atomic mass is 16.7. The molecule has 0 aliphatic carbocycles. The number of fused-ring (bicyclic) bond motifs is 1. The summed E-state index contributed by atoms with van der Waals surface area (Å²) in [5.41, 5.74) is 0.809. The van der Waals surface area contributed by atoms with Crippen LogP contribution in [0.25, 0.3) is 0 Å². The van der Waals surface area contributed by atoms with Crippen molar-refractivity contribution in [2.45, 2.75) is 12.6 Å². The van der Waals surface area contributed by atoms with Crippen molar-refractivity contribution in [3.8, 4) is 11.5 Å². The molecule has 1 aliphatic rings. The van der Waals surface area contributed by atoms with Crippen LogP contribution < -0.4 is 20.1 Å². The van der Waals surface area contributed by atoms with E-state index >= 15 is 0 Å². The van der Waals surface area contributed by atoms with Gasteiger partial charge in [0.15, 0.2) is 17.6 Å². The van der Waals surface area contributed by atoms with Gasteiger partial charge < -0.3 is 30.3 Å². The molecular weight excluding hydrogens is 268 g/mol. The maximum atomic E-state index is 11.4. The van der Waals surface area contributed by atoms with E-state index in [4.69, 9.17) is 19.7 Å². The Morgan fingerprint density at radius 3 is 2.75 bits per heavy atom. The van der Waals surface area contributed by atoms with Gasteiger partial charge in [-0.25, -0.2) is 9.59 Å². The summed E-state index contributed by atoms with van der Waals surface area (Å²) < 4.78 is 10.4. The minimum absolute atomic E-state index is 0.180. The van der Waals surface area contributed by atoms with Crippen LogP contribution in [0.4, 0.5) is 4.79 Å². The van der Waals surface area contributed by atoms with Gasteiger partial charge in [0.25, 0.3) is 0 Å². The molecular formula is C12H14N2O6. The first-order valence-electron chi connectivity index (χ1n) is 5.87. The molecule has 1 heterocycles. The van der Waals surface area contributed by atoms with Gasteiger partial charge in [-0.05, 0) is 17.7 Å². The van der Waals surface area contributed by atoms with Crippen molar-refractivity contribution >= 4 is 12.0 Å². The predicted molar refractivity (Wildman–Crippen MR) is 66.4 cm³/mol. The number of rotatable bonds is 5. The summed E-state index contributed by atoms with van der Waals surface area (Å²) >= 11 is 0. The SMILES string of the molecule is O=C(NCc1ccc2c(c1)OCO2)NC[C@H](O)C(=O)O. The lowest BCUT2D eigenvalue weighted by Gasteiger charge is -2.09. The number of aliphatic hydroxyl groups is 1. The molecule has 0 radical (unpaired) electrons. The lowest BCUT2D eigenvalue weighted by atomic mass is 10.2. The molecule has 0 saturated carbocycles. The number of aliphatic hydroxyl groups excluding tert-OH is 1. The molecule has 1 aromatic rings. The number of carboxylic acid groups (broad SMARTS) is 1. The molecule has 2 rings (SSSR count). The summed E-state index contributed by atoms with van der Waals surface area (Å²) in [5.74, 6) is -0.116. The van der Waals surface area contributed by atoms with E-state index in [0.717, 1.165) is 5.56 Å². The molecule has 0 unspecified atom stereocenters. The standard InChI is InChI=1S/C12H14N2O6/c15-8(11(16)17)5-14-12(18)13-4-7-1-2-9-10(3-7)20-6-19-9/h1-3,8,15H,4-6H2,(H,16,17)(H2,13,14,18)/t8-/m0/s1. The minimum Gasteiger partial charge on any atom is -0.479 e. The van der Waals surface area contributed by atoms with Crippen molar-refractivity contribution in [1.29, 1.82) is 0 Å². The smallest absolute Gasteiger partial charge is 0.334 e. The molecule has 1 atom stereocenters. The van der Waals surface area contributed by atoms with Gasteiger partial charge in [0.2, 0.25) is 6.79 Å². The number of carboxylic acids is 1.